The van der Waals surface area contributed by atoms with Crippen LogP contribution in [0.15, 0.2) is 42.5 Å². The Balaban J connectivity index is 1.37. The Labute approximate surface area is 180 Å². The number of carbonyl (C=O) groups is 3. The lowest BCUT2D eigenvalue weighted by molar-refractivity contribution is -0.131. The Hall–Kier alpha value is -3.42. The first kappa shape index (κ1) is 20.8. The standard InChI is InChI=1S/C23H24FN3O4/c1-16(28)17-6-7-21-20(14-17)27(23(30)15-31-21)9-8-22(29)26-12-10-25(11-13-26)19-5-3-2-4-18(19)24/h2-7,14H,8-13,15H2,1H3. The molecule has 2 amide bonds. The third-order valence-corrected chi connectivity index (χ3v) is 5.68. The molecule has 2 aromatic carbocycles. The van der Waals surface area contributed by atoms with Crippen LogP contribution in [-0.4, -0.2) is 61.8 Å². The van der Waals surface area contributed by atoms with Gasteiger partial charge >= 0.3 is 0 Å². The molecule has 0 radical (unpaired) electrons. The maximum atomic E-state index is 14.0. The number of nitrogens with zero attached hydrogens (tertiary/aromatic N) is 3. The molecule has 7 nitrogen and oxygen atoms in total. The lowest BCUT2D eigenvalue weighted by atomic mass is 10.1. The molecule has 0 aliphatic carbocycles. The summed E-state index contributed by atoms with van der Waals surface area (Å²) < 4.78 is 19.5. The summed E-state index contributed by atoms with van der Waals surface area (Å²) in [5.74, 6) is -0.154. The number of Topliss-reactive ketones (excluding diaryl/α,β-unsaturated/α-hetero) is 1. The predicted molar refractivity (Wildman–Crippen MR) is 114 cm³/mol. The molecule has 0 saturated carbocycles. The zero-order valence-electron chi connectivity index (χ0n) is 17.3. The molecule has 2 aromatic rings. The van der Waals surface area contributed by atoms with Gasteiger partial charge in [0.05, 0.1) is 11.4 Å². The SMILES string of the molecule is CC(=O)c1ccc2c(c1)N(CCC(=O)N1CCN(c3ccccc3F)CC1)C(=O)CO2. The van der Waals surface area contributed by atoms with Crippen LogP contribution in [0.1, 0.15) is 23.7 Å². The number of fused-ring (bicyclic) bond motifs is 1. The molecule has 2 aliphatic rings. The van der Waals surface area contributed by atoms with Crippen LogP contribution in [0.3, 0.4) is 0 Å². The highest BCUT2D eigenvalue weighted by Crippen LogP contribution is 2.33. The predicted octanol–water partition coefficient (Wildman–Crippen LogP) is 2.49. The second-order valence-electron chi connectivity index (χ2n) is 7.64. The second-order valence-corrected chi connectivity index (χ2v) is 7.64. The molecule has 2 aliphatic heterocycles. The highest BCUT2D eigenvalue weighted by atomic mass is 19.1. The van der Waals surface area contributed by atoms with E-state index >= 15 is 0 Å². The molecule has 2 heterocycles. The molecule has 1 fully saturated rings. The molecule has 0 bridgehead atoms. The fourth-order valence-corrected chi connectivity index (χ4v) is 3.94. The number of rotatable bonds is 5. The van der Waals surface area contributed by atoms with Gasteiger partial charge in [-0.05, 0) is 37.3 Å². The summed E-state index contributed by atoms with van der Waals surface area (Å²) in [6, 6.07) is 11.6. The molecular formula is C23H24FN3O4. The Morgan fingerprint density at radius 2 is 1.77 bits per heavy atom. The zero-order chi connectivity index (χ0) is 22.0. The van der Waals surface area contributed by atoms with Gasteiger partial charge in [-0.15, -0.1) is 0 Å². The number of amides is 2. The third kappa shape index (κ3) is 4.38. The summed E-state index contributed by atoms with van der Waals surface area (Å²) >= 11 is 0. The van der Waals surface area contributed by atoms with E-state index in [4.69, 9.17) is 4.74 Å². The largest absolute Gasteiger partial charge is 0.482 e. The normalized spacial score (nSPS) is 16.1. The number of anilines is 2. The average Bonchev–Trinajstić information content (AvgIpc) is 2.78. The van der Waals surface area contributed by atoms with E-state index < -0.39 is 0 Å². The van der Waals surface area contributed by atoms with E-state index in [0.717, 1.165) is 0 Å². The Bertz CT molecular complexity index is 1020. The van der Waals surface area contributed by atoms with E-state index in [1.54, 1.807) is 41.3 Å². The van der Waals surface area contributed by atoms with E-state index in [9.17, 15) is 18.8 Å². The molecule has 0 atom stereocenters. The average molecular weight is 425 g/mol. The molecule has 1 saturated heterocycles. The van der Waals surface area contributed by atoms with Crippen LogP contribution in [0.4, 0.5) is 15.8 Å². The van der Waals surface area contributed by atoms with E-state index in [1.807, 2.05) is 4.90 Å². The minimum atomic E-state index is -0.267. The number of benzene rings is 2. The van der Waals surface area contributed by atoms with E-state index in [1.165, 1.54) is 17.9 Å². The molecular weight excluding hydrogens is 401 g/mol. The first-order chi connectivity index (χ1) is 14.9. The van der Waals surface area contributed by atoms with Crippen LogP contribution in [0, 0.1) is 5.82 Å². The maximum Gasteiger partial charge on any atom is 0.265 e. The molecule has 4 rings (SSSR count). The molecule has 31 heavy (non-hydrogen) atoms. The van der Waals surface area contributed by atoms with Gasteiger partial charge in [-0.3, -0.25) is 14.4 Å². The van der Waals surface area contributed by atoms with Gasteiger partial charge < -0.3 is 19.4 Å². The summed E-state index contributed by atoms with van der Waals surface area (Å²) in [7, 11) is 0. The van der Waals surface area contributed by atoms with Crippen molar-refractivity contribution in [1.29, 1.82) is 0 Å². The van der Waals surface area contributed by atoms with Crippen LogP contribution in [-0.2, 0) is 9.59 Å². The van der Waals surface area contributed by atoms with Crippen LogP contribution < -0.4 is 14.5 Å². The smallest absolute Gasteiger partial charge is 0.265 e. The van der Waals surface area contributed by atoms with Gasteiger partial charge in [0.2, 0.25) is 5.91 Å². The minimum absolute atomic E-state index is 0.0586. The van der Waals surface area contributed by atoms with Crippen molar-refractivity contribution in [3.05, 3.63) is 53.8 Å². The molecule has 0 aromatic heterocycles. The first-order valence-electron chi connectivity index (χ1n) is 10.3. The molecule has 0 unspecified atom stereocenters. The second kappa shape index (κ2) is 8.75. The summed E-state index contributed by atoms with van der Waals surface area (Å²) in [6.07, 6.45) is 0.162. The van der Waals surface area contributed by atoms with Crippen molar-refractivity contribution in [1.82, 2.24) is 4.90 Å². The fourth-order valence-electron chi connectivity index (χ4n) is 3.94. The number of piperazine rings is 1. The zero-order valence-corrected chi connectivity index (χ0v) is 17.3. The minimum Gasteiger partial charge on any atom is -0.482 e. The fraction of sp³-hybridized carbons (Fsp3) is 0.348. The Morgan fingerprint density at radius 1 is 1.03 bits per heavy atom. The maximum absolute atomic E-state index is 14.0. The number of ketones is 1. The first-order valence-corrected chi connectivity index (χ1v) is 10.3. The lowest BCUT2D eigenvalue weighted by Crippen LogP contribution is -2.50. The van der Waals surface area contributed by atoms with Crippen molar-refractivity contribution in [3.63, 3.8) is 0 Å². The van der Waals surface area contributed by atoms with Crippen molar-refractivity contribution in [3.8, 4) is 5.75 Å². The van der Waals surface area contributed by atoms with E-state index in [2.05, 4.69) is 0 Å². The van der Waals surface area contributed by atoms with Crippen molar-refractivity contribution < 1.29 is 23.5 Å². The van der Waals surface area contributed by atoms with E-state index in [0.29, 0.717) is 48.9 Å². The third-order valence-electron chi connectivity index (χ3n) is 5.68. The van der Waals surface area contributed by atoms with Gasteiger partial charge in [0.1, 0.15) is 11.6 Å². The summed E-state index contributed by atoms with van der Waals surface area (Å²) in [5.41, 5.74) is 1.55. The Kier molecular flexibility index (Phi) is 5.88. The number of para-hydroxylation sites is 1. The van der Waals surface area contributed by atoms with E-state index in [-0.39, 0.29) is 43.0 Å². The van der Waals surface area contributed by atoms with Gasteiger partial charge in [-0.25, -0.2) is 4.39 Å². The molecule has 162 valence electrons. The van der Waals surface area contributed by atoms with Gasteiger partial charge in [0.15, 0.2) is 12.4 Å². The molecule has 0 N–H and O–H groups in total. The van der Waals surface area contributed by atoms with Gasteiger partial charge in [0.25, 0.3) is 5.91 Å². The lowest BCUT2D eigenvalue weighted by Gasteiger charge is -2.36. The topological polar surface area (TPSA) is 70.2 Å². The monoisotopic (exact) mass is 425 g/mol. The van der Waals surface area contributed by atoms with Gasteiger partial charge in [0, 0.05) is 44.7 Å². The summed E-state index contributed by atoms with van der Waals surface area (Å²) in [5, 5.41) is 0. The quantitative estimate of drug-likeness (QED) is 0.689. The molecule has 8 heteroatoms. The van der Waals surface area contributed by atoms with Crippen molar-refractivity contribution in [2.75, 3.05) is 49.1 Å². The number of hydrogen-bond acceptors (Lipinski definition) is 5. The van der Waals surface area contributed by atoms with Gasteiger partial charge in [-0.1, -0.05) is 12.1 Å². The number of halogens is 1. The van der Waals surface area contributed by atoms with Crippen LogP contribution in [0.25, 0.3) is 0 Å². The highest BCUT2D eigenvalue weighted by molar-refractivity contribution is 6.01. The van der Waals surface area contributed by atoms with Gasteiger partial charge in [-0.2, -0.15) is 0 Å². The van der Waals surface area contributed by atoms with Crippen LogP contribution in [0.5, 0.6) is 5.75 Å². The van der Waals surface area contributed by atoms with Crippen LogP contribution >= 0.6 is 0 Å². The highest BCUT2D eigenvalue weighted by Gasteiger charge is 2.28. The number of hydrogen-bond donors (Lipinski definition) is 0. The number of ether oxygens (including phenoxy) is 1. The Morgan fingerprint density at radius 3 is 2.48 bits per heavy atom. The molecule has 0 spiro atoms. The summed E-state index contributed by atoms with van der Waals surface area (Å²) in [4.78, 5) is 42.1. The van der Waals surface area contributed by atoms with Crippen molar-refractivity contribution in [2.24, 2.45) is 0 Å². The number of carbonyl (C=O) groups excluding carboxylic acids is 3. The summed E-state index contributed by atoms with van der Waals surface area (Å²) in [6.45, 7) is 3.67. The van der Waals surface area contributed by atoms with Crippen molar-refractivity contribution in [2.45, 2.75) is 13.3 Å². The van der Waals surface area contributed by atoms with Crippen LogP contribution in [0.2, 0.25) is 0 Å². The van der Waals surface area contributed by atoms with Crippen molar-refractivity contribution >= 4 is 29.0 Å².